The lowest BCUT2D eigenvalue weighted by atomic mass is 10.1. The summed E-state index contributed by atoms with van der Waals surface area (Å²) in [5.74, 6) is 0.801. The molecule has 1 fully saturated rings. The summed E-state index contributed by atoms with van der Waals surface area (Å²) in [4.78, 5) is 13.0. The molecule has 5 nitrogen and oxygen atoms in total. The van der Waals surface area contributed by atoms with Gasteiger partial charge < -0.3 is 15.1 Å². The van der Waals surface area contributed by atoms with Crippen molar-refractivity contribution in [3.63, 3.8) is 0 Å². The standard InChI is InChI=1S/C17H21N5S/c23-17(20-10-7-15-5-2-1-3-6-15)22-13-11-21(12-14-22)16-18-8-4-9-19-16/h1-6,8-9H,7,10-14H2,(H,20,23). The molecule has 1 aromatic carbocycles. The van der Waals surface area contributed by atoms with Crippen LogP contribution in [0.2, 0.25) is 0 Å². The van der Waals surface area contributed by atoms with Crippen molar-refractivity contribution < 1.29 is 0 Å². The third-order valence-electron chi connectivity index (χ3n) is 3.93. The summed E-state index contributed by atoms with van der Waals surface area (Å²) in [6.07, 6.45) is 4.55. The number of hydrogen-bond donors (Lipinski definition) is 1. The SMILES string of the molecule is S=C(NCCc1ccccc1)N1CCN(c2ncccn2)CC1. The van der Waals surface area contributed by atoms with Crippen molar-refractivity contribution in [3.05, 3.63) is 54.4 Å². The number of piperazine rings is 1. The summed E-state index contributed by atoms with van der Waals surface area (Å²) in [6, 6.07) is 12.3. The van der Waals surface area contributed by atoms with Crippen LogP contribution in [0.3, 0.4) is 0 Å². The third-order valence-corrected chi connectivity index (χ3v) is 4.34. The molecule has 1 N–H and O–H groups in total. The number of thiocarbonyl (C=S) groups is 1. The van der Waals surface area contributed by atoms with Gasteiger partial charge in [-0.15, -0.1) is 0 Å². The second-order valence-corrected chi connectivity index (χ2v) is 5.88. The average Bonchev–Trinajstić information content (AvgIpc) is 2.63. The normalized spacial score (nSPS) is 14.6. The van der Waals surface area contributed by atoms with Crippen molar-refractivity contribution >= 4 is 23.3 Å². The second kappa shape index (κ2) is 7.87. The highest BCUT2D eigenvalue weighted by atomic mass is 32.1. The Balaban J connectivity index is 1.41. The molecular weight excluding hydrogens is 306 g/mol. The van der Waals surface area contributed by atoms with Gasteiger partial charge in [-0.05, 0) is 30.3 Å². The fourth-order valence-corrected chi connectivity index (χ4v) is 2.92. The number of anilines is 1. The predicted molar refractivity (Wildman–Crippen MR) is 96.6 cm³/mol. The summed E-state index contributed by atoms with van der Waals surface area (Å²) in [6.45, 7) is 4.45. The highest BCUT2D eigenvalue weighted by Gasteiger charge is 2.20. The number of rotatable bonds is 4. The smallest absolute Gasteiger partial charge is 0.225 e. The summed E-state index contributed by atoms with van der Waals surface area (Å²) in [7, 11) is 0. The minimum atomic E-state index is 0.801. The van der Waals surface area contributed by atoms with Gasteiger partial charge in [0, 0.05) is 45.1 Å². The third kappa shape index (κ3) is 4.39. The Morgan fingerprint density at radius 1 is 1.00 bits per heavy atom. The van der Waals surface area contributed by atoms with Crippen molar-refractivity contribution in [1.82, 2.24) is 20.2 Å². The van der Waals surface area contributed by atoms with Crippen LogP contribution in [-0.2, 0) is 6.42 Å². The molecule has 0 aliphatic carbocycles. The highest BCUT2D eigenvalue weighted by Crippen LogP contribution is 2.09. The van der Waals surface area contributed by atoms with Crippen molar-refractivity contribution in [2.75, 3.05) is 37.6 Å². The largest absolute Gasteiger partial charge is 0.362 e. The van der Waals surface area contributed by atoms with Gasteiger partial charge in [-0.3, -0.25) is 0 Å². The van der Waals surface area contributed by atoms with Gasteiger partial charge in [-0.25, -0.2) is 9.97 Å². The molecule has 1 aliphatic rings. The minimum Gasteiger partial charge on any atom is -0.362 e. The molecule has 0 amide bonds. The Morgan fingerprint density at radius 3 is 2.39 bits per heavy atom. The minimum absolute atomic E-state index is 0.801. The molecule has 3 rings (SSSR count). The quantitative estimate of drug-likeness (QED) is 0.863. The molecule has 23 heavy (non-hydrogen) atoms. The first kappa shape index (κ1) is 15.7. The Labute approximate surface area is 142 Å². The number of nitrogens with zero attached hydrogens (tertiary/aromatic N) is 4. The van der Waals surface area contributed by atoms with Gasteiger partial charge in [0.15, 0.2) is 5.11 Å². The van der Waals surface area contributed by atoms with Crippen molar-refractivity contribution in [3.8, 4) is 0 Å². The van der Waals surface area contributed by atoms with E-state index in [1.165, 1.54) is 5.56 Å². The summed E-state index contributed by atoms with van der Waals surface area (Å²) >= 11 is 5.51. The van der Waals surface area contributed by atoms with Crippen molar-refractivity contribution in [2.45, 2.75) is 6.42 Å². The van der Waals surface area contributed by atoms with Crippen LogP contribution in [0.1, 0.15) is 5.56 Å². The Kier molecular flexibility index (Phi) is 5.37. The van der Waals surface area contributed by atoms with Crippen LogP contribution in [0.5, 0.6) is 0 Å². The van der Waals surface area contributed by atoms with Gasteiger partial charge in [-0.1, -0.05) is 30.3 Å². The average molecular weight is 327 g/mol. The van der Waals surface area contributed by atoms with Crippen LogP contribution in [0.15, 0.2) is 48.8 Å². The second-order valence-electron chi connectivity index (χ2n) is 5.49. The summed E-state index contributed by atoms with van der Waals surface area (Å²) < 4.78 is 0. The van der Waals surface area contributed by atoms with E-state index < -0.39 is 0 Å². The molecule has 0 atom stereocenters. The first-order valence-corrected chi connectivity index (χ1v) is 8.32. The molecule has 120 valence electrons. The maximum atomic E-state index is 5.51. The molecule has 0 bridgehead atoms. The predicted octanol–water partition coefficient (Wildman–Crippen LogP) is 1.72. The van der Waals surface area contributed by atoms with Gasteiger partial charge >= 0.3 is 0 Å². The maximum Gasteiger partial charge on any atom is 0.225 e. The zero-order valence-corrected chi connectivity index (χ0v) is 13.9. The summed E-state index contributed by atoms with van der Waals surface area (Å²) in [5, 5.41) is 4.21. The lowest BCUT2D eigenvalue weighted by Crippen LogP contribution is -2.52. The van der Waals surface area contributed by atoms with Gasteiger partial charge in [0.1, 0.15) is 0 Å². The van der Waals surface area contributed by atoms with E-state index in [1.807, 2.05) is 12.1 Å². The lowest BCUT2D eigenvalue weighted by molar-refractivity contribution is 0.378. The Morgan fingerprint density at radius 2 is 1.70 bits per heavy atom. The van der Waals surface area contributed by atoms with Crippen LogP contribution < -0.4 is 10.2 Å². The zero-order valence-electron chi connectivity index (χ0n) is 13.1. The van der Waals surface area contributed by atoms with Crippen LogP contribution in [0, 0.1) is 0 Å². The van der Waals surface area contributed by atoms with Gasteiger partial charge in [0.05, 0.1) is 0 Å². The number of hydrogen-bond acceptors (Lipinski definition) is 4. The first-order chi connectivity index (χ1) is 11.3. The maximum absolute atomic E-state index is 5.51. The van der Waals surface area contributed by atoms with E-state index in [4.69, 9.17) is 12.2 Å². The van der Waals surface area contributed by atoms with Crippen LogP contribution in [0.25, 0.3) is 0 Å². The van der Waals surface area contributed by atoms with Crippen molar-refractivity contribution in [1.29, 1.82) is 0 Å². The van der Waals surface area contributed by atoms with Gasteiger partial charge in [0.2, 0.25) is 5.95 Å². The molecular formula is C17H21N5S. The van der Waals surface area contributed by atoms with E-state index in [9.17, 15) is 0 Å². The molecule has 1 aliphatic heterocycles. The van der Waals surface area contributed by atoms with Crippen LogP contribution in [0.4, 0.5) is 5.95 Å². The molecule has 2 heterocycles. The van der Waals surface area contributed by atoms with E-state index >= 15 is 0 Å². The van der Waals surface area contributed by atoms with Crippen LogP contribution >= 0.6 is 12.2 Å². The fourth-order valence-electron chi connectivity index (χ4n) is 2.63. The van der Waals surface area contributed by atoms with Crippen molar-refractivity contribution in [2.24, 2.45) is 0 Å². The Bertz CT molecular complexity index is 611. The fraction of sp³-hybridized carbons (Fsp3) is 0.353. The highest BCUT2D eigenvalue weighted by molar-refractivity contribution is 7.80. The summed E-state index contributed by atoms with van der Waals surface area (Å²) in [5.41, 5.74) is 1.33. The molecule has 2 aromatic rings. The van der Waals surface area contributed by atoms with Gasteiger partial charge in [0.25, 0.3) is 0 Å². The Hall–Kier alpha value is -2.21. The monoisotopic (exact) mass is 327 g/mol. The number of aromatic nitrogens is 2. The van der Waals surface area contributed by atoms with Gasteiger partial charge in [-0.2, -0.15) is 0 Å². The molecule has 0 spiro atoms. The topological polar surface area (TPSA) is 44.3 Å². The van der Waals surface area contributed by atoms with E-state index in [2.05, 4.69) is 49.4 Å². The number of benzene rings is 1. The molecule has 0 radical (unpaired) electrons. The van der Waals surface area contributed by atoms with E-state index in [0.717, 1.165) is 50.2 Å². The molecule has 0 unspecified atom stereocenters. The van der Waals surface area contributed by atoms with E-state index in [-0.39, 0.29) is 0 Å². The van der Waals surface area contributed by atoms with E-state index in [1.54, 1.807) is 12.4 Å². The van der Waals surface area contributed by atoms with Crippen LogP contribution in [-0.4, -0.2) is 52.7 Å². The molecule has 0 saturated carbocycles. The molecule has 1 aromatic heterocycles. The zero-order chi connectivity index (χ0) is 15.9. The number of nitrogens with one attached hydrogen (secondary N) is 1. The first-order valence-electron chi connectivity index (χ1n) is 7.91. The lowest BCUT2D eigenvalue weighted by Gasteiger charge is -2.36. The van der Waals surface area contributed by atoms with E-state index in [0.29, 0.717) is 0 Å². The molecule has 6 heteroatoms. The molecule has 1 saturated heterocycles.